The molecule has 0 aliphatic heterocycles. The van der Waals surface area contributed by atoms with Gasteiger partial charge in [-0.3, -0.25) is 9.00 Å². The van der Waals surface area contributed by atoms with Crippen molar-refractivity contribution in [2.75, 3.05) is 11.1 Å². The zero-order chi connectivity index (χ0) is 13.7. The Balaban J connectivity index is 1.95. The van der Waals surface area contributed by atoms with Crippen LogP contribution in [0.2, 0.25) is 0 Å². The molecule has 0 bridgehead atoms. The lowest BCUT2D eigenvalue weighted by molar-refractivity contribution is -0.113. The van der Waals surface area contributed by atoms with Gasteiger partial charge in [0.15, 0.2) is 0 Å². The smallest absolute Gasteiger partial charge is 0.237 e. The lowest BCUT2D eigenvalue weighted by Gasteiger charge is -2.05. The second kappa shape index (κ2) is 6.29. The third-order valence-corrected chi connectivity index (χ3v) is 3.93. The van der Waals surface area contributed by atoms with Gasteiger partial charge in [-0.15, -0.1) is 0 Å². The van der Waals surface area contributed by atoms with Crippen LogP contribution in [0.3, 0.4) is 0 Å². The van der Waals surface area contributed by atoms with E-state index in [1.54, 1.807) is 24.3 Å². The maximum atomic E-state index is 12.0. The van der Waals surface area contributed by atoms with E-state index in [1.807, 2.05) is 37.3 Å². The number of nitrogens with one attached hydrogen (secondary N) is 1. The van der Waals surface area contributed by atoms with Crippen LogP contribution in [0.4, 0.5) is 5.69 Å². The quantitative estimate of drug-likeness (QED) is 0.931. The first-order chi connectivity index (χ1) is 9.15. The fourth-order valence-corrected chi connectivity index (χ4v) is 2.53. The molecule has 1 unspecified atom stereocenters. The van der Waals surface area contributed by atoms with Crippen LogP contribution >= 0.6 is 0 Å². The summed E-state index contributed by atoms with van der Waals surface area (Å²) in [5.74, 6) is -0.275. The highest BCUT2D eigenvalue weighted by atomic mass is 32.2. The van der Waals surface area contributed by atoms with Crippen molar-refractivity contribution in [1.82, 2.24) is 0 Å². The predicted octanol–water partition coefficient (Wildman–Crippen LogP) is 2.74. The van der Waals surface area contributed by atoms with E-state index in [-0.39, 0.29) is 11.7 Å². The van der Waals surface area contributed by atoms with E-state index in [4.69, 9.17) is 0 Å². The van der Waals surface area contributed by atoms with Gasteiger partial charge in [-0.25, -0.2) is 0 Å². The zero-order valence-electron chi connectivity index (χ0n) is 10.6. The molecule has 2 rings (SSSR count). The highest BCUT2D eigenvalue weighted by molar-refractivity contribution is 7.85. The maximum Gasteiger partial charge on any atom is 0.237 e. The lowest BCUT2D eigenvalue weighted by Crippen LogP contribution is -2.19. The molecule has 1 atom stereocenters. The molecule has 4 heteroatoms. The summed E-state index contributed by atoms with van der Waals surface area (Å²) in [6, 6.07) is 16.5. The van der Waals surface area contributed by atoms with Gasteiger partial charge in [0, 0.05) is 10.6 Å². The summed E-state index contributed by atoms with van der Waals surface area (Å²) >= 11 is 0. The van der Waals surface area contributed by atoms with Crippen molar-refractivity contribution in [3.05, 3.63) is 60.2 Å². The topological polar surface area (TPSA) is 46.2 Å². The van der Waals surface area contributed by atoms with E-state index in [0.717, 1.165) is 5.56 Å². The Morgan fingerprint density at radius 3 is 2.32 bits per heavy atom. The number of hydrogen-bond acceptors (Lipinski definition) is 2. The Labute approximate surface area is 115 Å². The Hall–Kier alpha value is -1.94. The van der Waals surface area contributed by atoms with Gasteiger partial charge in [-0.1, -0.05) is 35.9 Å². The van der Waals surface area contributed by atoms with Crippen LogP contribution in [-0.2, 0) is 15.6 Å². The van der Waals surface area contributed by atoms with Crippen molar-refractivity contribution < 1.29 is 9.00 Å². The van der Waals surface area contributed by atoms with Gasteiger partial charge in [0.25, 0.3) is 0 Å². The zero-order valence-corrected chi connectivity index (χ0v) is 11.4. The SMILES string of the molecule is Cc1ccc(S(=O)CC(=O)Nc2ccccc2)cc1. The van der Waals surface area contributed by atoms with E-state index in [2.05, 4.69) is 5.32 Å². The number of benzene rings is 2. The van der Waals surface area contributed by atoms with E-state index in [0.29, 0.717) is 10.6 Å². The molecule has 0 aliphatic carbocycles. The van der Waals surface area contributed by atoms with Gasteiger partial charge in [0.2, 0.25) is 5.91 Å². The minimum absolute atomic E-state index is 0.0298. The molecule has 0 saturated carbocycles. The van der Waals surface area contributed by atoms with Crippen LogP contribution in [-0.4, -0.2) is 15.9 Å². The first kappa shape index (κ1) is 13.5. The maximum absolute atomic E-state index is 12.0. The van der Waals surface area contributed by atoms with Crippen LogP contribution in [0.1, 0.15) is 5.56 Å². The van der Waals surface area contributed by atoms with Gasteiger partial charge in [-0.05, 0) is 31.2 Å². The predicted molar refractivity (Wildman–Crippen MR) is 77.5 cm³/mol. The second-order valence-electron chi connectivity index (χ2n) is 4.22. The van der Waals surface area contributed by atoms with E-state index < -0.39 is 10.8 Å². The summed E-state index contributed by atoms with van der Waals surface area (Å²) in [5.41, 5.74) is 1.82. The summed E-state index contributed by atoms with van der Waals surface area (Å²) in [6.45, 7) is 1.97. The Morgan fingerprint density at radius 1 is 1.05 bits per heavy atom. The van der Waals surface area contributed by atoms with Gasteiger partial charge in [0.05, 0.1) is 10.8 Å². The number of hydrogen-bond donors (Lipinski definition) is 1. The van der Waals surface area contributed by atoms with Gasteiger partial charge >= 0.3 is 0 Å². The van der Waals surface area contributed by atoms with E-state index >= 15 is 0 Å². The van der Waals surface area contributed by atoms with Crippen molar-refractivity contribution >= 4 is 22.4 Å². The van der Waals surface area contributed by atoms with Gasteiger partial charge in [-0.2, -0.15) is 0 Å². The molecule has 19 heavy (non-hydrogen) atoms. The van der Waals surface area contributed by atoms with Crippen LogP contribution in [0.25, 0.3) is 0 Å². The molecule has 0 aliphatic rings. The van der Waals surface area contributed by atoms with Gasteiger partial charge < -0.3 is 5.32 Å². The standard InChI is InChI=1S/C15H15NO2S/c1-12-7-9-14(10-8-12)19(18)11-15(17)16-13-5-3-2-4-6-13/h2-10H,11H2,1H3,(H,16,17). The number of carbonyl (C=O) groups excluding carboxylic acids is 1. The molecular formula is C15H15NO2S. The molecular weight excluding hydrogens is 258 g/mol. The van der Waals surface area contributed by atoms with Crippen molar-refractivity contribution in [1.29, 1.82) is 0 Å². The number of amides is 1. The summed E-state index contributed by atoms with van der Waals surface area (Å²) in [5, 5.41) is 2.72. The number of anilines is 1. The average Bonchev–Trinajstić information content (AvgIpc) is 2.40. The Morgan fingerprint density at radius 2 is 1.68 bits per heavy atom. The third kappa shape index (κ3) is 4.03. The molecule has 0 saturated heterocycles. The monoisotopic (exact) mass is 273 g/mol. The minimum atomic E-state index is -1.31. The highest BCUT2D eigenvalue weighted by Crippen LogP contribution is 2.10. The molecule has 0 aromatic heterocycles. The molecule has 0 heterocycles. The largest absolute Gasteiger partial charge is 0.325 e. The molecule has 2 aromatic carbocycles. The first-order valence-electron chi connectivity index (χ1n) is 5.95. The van der Waals surface area contributed by atoms with E-state index in [9.17, 15) is 9.00 Å². The van der Waals surface area contributed by atoms with Crippen LogP contribution < -0.4 is 5.32 Å². The summed E-state index contributed by atoms with van der Waals surface area (Å²) in [4.78, 5) is 12.4. The minimum Gasteiger partial charge on any atom is -0.325 e. The normalized spacial score (nSPS) is 11.8. The van der Waals surface area contributed by atoms with Crippen molar-refractivity contribution in [2.24, 2.45) is 0 Å². The fourth-order valence-electron chi connectivity index (χ4n) is 1.61. The molecule has 0 fully saturated rings. The second-order valence-corrected chi connectivity index (χ2v) is 5.67. The van der Waals surface area contributed by atoms with Crippen molar-refractivity contribution in [2.45, 2.75) is 11.8 Å². The van der Waals surface area contributed by atoms with Crippen molar-refractivity contribution in [3.8, 4) is 0 Å². The third-order valence-electron chi connectivity index (χ3n) is 2.60. The number of carbonyl (C=O) groups is 1. The molecule has 0 radical (unpaired) electrons. The van der Waals surface area contributed by atoms with Crippen LogP contribution in [0.5, 0.6) is 0 Å². The fraction of sp³-hybridized carbons (Fsp3) is 0.133. The number of para-hydroxylation sites is 1. The molecule has 1 N–H and O–H groups in total. The van der Waals surface area contributed by atoms with E-state index in [1.165, 1.54) is 0 Å². The number of aryl methyl sites for hydroxylation is 1. The number of rotatable bonds is 4. The molecule has 2 aromatic rings. The summed E-state index contributed by atoms with van der Waals surface area (Å²) in [7, 11) is -1.31. The lowest BCUT2D eigenvalue weighted by atomic mass is 10.2. The molecule has 98 valence electrons. The molecule has 1 amide bonds. The Bertz CT molecular complexity index is 579. The van der Waals surface area contributed by atoms with Crippen LogP contribution in [0.15, 0.2) is 59.5 Å². The molecule has 3 nitrogen and oxygen atoms in total. The first-order valence-corrected chi connectivity index (χ1v) is 7.27. The summed E-state index contributed by atoms with van der Waals surface area (Å²) in [6.07, 6.45) is 0. The molecule has 0 spiro atoms. The average molecular weight is 273 g/mol. The summed E-state index contributed by atoms with van der Waals surface area (Å²) < 4.78 is 12.0. The van der Waals surface area contributed by atoms with Gasteiger partial charge in [0.1, 0.15) is 5.75 Å². The van der Waals surface area contributed by atoms with Crippen LogP contribution in [0, 0.1) is 6.92 Å². The highest BCUT2D eigenvalue weighted by Gasteiger charge is 2.10. The Kier molecular flexibility index (Phi) is 4.47. The van der Waals surface area contributed by atoms with Crippen molar-refractivity contribution in [3.63, 3.8) is 0 Å².